The Morgan fingerprint density at radius 1 is 1.10 bits per heavy atom. The number of carbonyl (C=O) groups excluding carboxylic acids is 1. The smallest absolute Gasteiger partial charge is 0.184 e. The third-order valence-electron chi connectivity index (χ3n) is 3.83. The molecule has 2 rings (SSSR count). The molecule has 2 N–H and O–H groups in total. The first-order valence-electron chi connectivity index (χ1n) is 6.59. The zero-order valence-electron chi connectivity index (χ0n) is 11.9. The van der Waals surface area contributed by atoms with E-state index in [4.69, 9.17) is 5.73 Å². The minimum Gasteiger partial charge on any atom is -0.311 e. The number of carbonyl (C=O) groups is 1. The Morgan fingerprint density at radius 3 is 2.35 bits per heavy atom. The maximum Gasteiger partial charge on any atom is 0.184 e. The molecule has 0 spiro atoms. The topological polar surface area (TPSA) is 43.1 Å². The van der Waals surface area contributed by atoms with Crippen LogP contribution in [0.25, 0.3) is 0 Å². The highest BCUT2D eigenvalue weighted by Gasteiger charge is 2.37. The van der Waals surface area contributed by atoms with Gasteiger partial charge in [0.1, 0.15) is 5.54 Å². The van der Waals surface area contributed by atoms with Crippen LogP contribution in [0, 0.1) is 13.8 Å². The van der Waals surface area contributed by atoms with Crippen molar-refractivity contribution in [3.05, 3.63) is 83.4 Å². The second-order valence-electron chi connectivity index (χ2n) is 4.99. The summed E-state index contributed by atoms with van der Waals surface area (Å²) >= 11 is 0. The first kappa shape index (κ1) is 14.2. The van der Waals surface area contributed by atoms with Crippen LogP contribution >= 0.6 is 0 Å². The molecule has 0 amide bonds. The summed E-state index contributed by atoms with van der Waals surface area (Å²) < 4.78 is 0. The summed E-state index contributed by atoms with van der Waals surface area (Å²) in [5, 5.41) is 0. The lowest BCUT2D eigenvalue weighted by molar-refractivity contribution is -0.118. The Hall–Kier alpha value is -2.19. The number of nitrogens with two attached hydrogens (primary N) is 1. The van der Waals surface area contributed by atoms with Gasteiger partial charge >= 0.3 is 0 Å². The summed E-state index contributed by atoms with van der Waals surface area (Å²) in [5.74, 6) is -0.197. The van der Waals surface area contributed by atoms with Crippen molar-refractivity contribution in [1.82, 2.24) is 0 Å². The van der Waals surface area contributed by atoms with Gasteiger partial charge in [0.05, 0.1) is 0 Å². The number of benzene rings is 2. The fourth-order valence-electron chi connectivity index (χ4n) is 2.47. The Balaban J connectivity index is 2.74. The van der Waals surface area contributed by atoms with Gasteiger partial charge in [-0.3, -0.25) is 4.79 Å². The van der Waals surface area contributed by atoms with Gasteiger partial charge < -0.3 is 5.73 Å². The van der Waals surface area contributed by atoms with Gasteiger partial charge in [-0.1, -0.05) is 55.1 Å². The molecule has 2 heteroatoms. The van der Waals surface area contributed by atoms with E-state index in [-0.39, 0.29) is 5.78 Å². The molecule has 0 aromatic heterocycles. The third-order valence-corrected chi connectivity index (χ3v) is 3.83. The van der Waals surface area contributed by atoms with Gasteiger partial charge in [-0.2, -0.15) is 0 Å². The van der Waals surface area contributed by atoms with Gasteiger partial charge in [0.2, 0.25) is 0 Å². The molecule has 0 radical (unpaired) electrons. The van der Waals surface area contributed by atoms with Crippen molar-refractivity contribution in [3.8, 4) is 0 Å². The molecule has 0 saturated heterocycles. The highest BCUT2D eigenvalue weighted by Crippen LogP contribution is 2.31. The van der Waals surface area contributed by atoms with Crippen molar-refractivity contribution < 1.29 is 4.79 Å². The van der Waals surface area contributed by atoms with Gasteiger partial charge in [0.25, 0.3) is 0 Å². The van der Waals surface area contributed by atoms with Crippen LogP contribution in [-0.2, 0) is 10.3 Å². The molecule has 1 atom stereocenters. The van der Waals surface area contributed by atoms with Crippen LogP contribution in [0.15, 0.2) is 61.2 Å². The highest BCUT2D eigenvalue weighted by molar-refractivity contribution is 6.01. The first-order valence-corrected chi connectivity index (χ1v) is 6.59. The van der Waals surface area contributed by atoms with E-state index in [1.54, 1.807) is 0 Å². The molecule has 0 bridgehead atoms. The van der Waals surface area contributed by atoms with Crippen molar-refractivity contribution >= 4 is 5.78 Å². The number of aryl methyl sites for hydroxylation is 1. The number of hydrogen-bond donors (Lipinski definition) is 1. The molecular formula is C18H19NO. The second-order valence-corrected chi connectivity index (χ2v) is 4.99. The van der Waals surface area contributed by atoms with Crippen LogP contribution < -0.4 is 5.73 Å². The fourth-order valence-corrected chi connectivity index (χ4v) is 2.47. The number of rotatable bonds is 4. The van der Waals surface area contributed by atoms with Gasteiger partial charge in [0.15, 0.2) is 5.78 Å². The van der Waals surface area contributed by atoms with Crippen molar-refractivity contribution in [2.24, 2.45) is 5.73 Å². The lowest BCUT2D eigenvalue weighted by atomic mass is 9.77. The summed E-state index contributed by atoms with van der Waals surface area (Å²) in [7, 11) is 0. The van der Waals surface area contributed by atoms with E-state index in [0.29, 0.717) is 0 Å². The van der Waals surface area contributed by atoms with Gasteiger partial charge in [-0.05, 0) is 42.2 Å². The molecular weight excluding hydrogens is 246 g/mol. The Morgan fingerprint density at radius 2 is 1.75 bits per heavy atom. The predicted molar refractivity (Wildman–Crippen MR) is 82.5 cm³/mol. The normalized spacial score (nSPS) is 13.6. The maximum atomic E-state index is 12.5. The van der Waals surface area contributed by atoms with Crippen LogP contribution in [0.3, 0.4) is 0 Å². The molecule has 0 saturated carbocycles. The molecule has 20 heavy (non-hydrogen) atoms. The highest BCUT2D eigenvalue weighted by atomic mass is 16.1. The molecule has 0 fully saturated rings. The summed E-state index contributed by atoms with van der Waals surface area (Å²) in [6, 6.07) is 15.3. The monoisotopic (exact) mass is 265 g/mol. The summed E-state index contributed by atoms with van der Waals surface area (Å²) in [6.07, 6.45) is 1.30. The average molecular weight is 265 g/mol. The van der Waals surface area contributed by atoms with E-state index >= 15 is 0 Å². The molecule has 0 aliphatic carbocycles. The quantitative estimate of drug-likeness (QED) is 0.862. The van der Waals surface area contributed by atoms with E-state index in [2.05, 4.69) is 6.58 Å². The van der Waals surface area contributed by atoms with Crippen LogP contribution in [0.4, 0.5) is 0 Å². The van der Waals surface area contributed by atoms with Gasteiger partial charge in [0, 0.05) is 0 Å². The van der Waals surface area contributed by atoms with Gasteiger partial charge in [-0.15, -0.1) is 0 Å². The van der Waals surface area contributed by atoms with Crippen molar-refractivity contribution in [3.63, 3.8) is 0 Å². The van der Waals surface area contributed by atoms with Crippen molar-refractivity contribution in [2.45, 2.75) is 19.4 Å². The van der Waals surface area contributed by atoms with Crippen LogP contribution in [-0.4, -0.2) is 5.78 Å². The largest absolute Gasteiger partial charge is 0.311 e. The predicted octanol–water partition coefficient (Wildman–Crippen LogP) is 3.26. The van der Waals surface area contributed by atoms with Gasteiger partial charge in [-0.25, -0.2) is 0 Å². The van der Waals surface area contributed by atoms with E-state index in [1.807, 2.05) is 62.4 Å². The van der Waals surface area contributed by atoms with E-state index < -0.39 is 5.54 Å². The molecule has 2 nitrogen and oxygen atoms in total. The number of ketones is 1. The average Bonchev–Trinajstić information content (AvgIpc) is 2.49. The van der Waals surface area contributed by atoms with Crippen LogP contribution in [0.5, 0.6) is 0 Å². The third kappa shape index (κ3) is 2.19. The summed E-state index contributed by atoms with van der Waals surface area (Å²) in [5.41, 5.74) is 9.12. The SMILES string of the molecule is C=CC(=O)C(N)(c1ccccc1)c1cccc(C)c1C. The standard InChI is InChI=1S/C18H19NO/c1-4-17(20)18(19,15-10-6-5-7-11-15)16-12-8-9-13(2)14(16)3/h4-12H,1,19H2,2-3H3. The summed E-state index contributed by atoms with van der Waals surface area (Å²) in [6.45, 7) is 7.61. The zero-order valence-corrected chi connectivity index (χ0v) is 11.9. The second kappa shape index (κ2) is 5.43. The molecule has 0 aliphatic rings. The van der Waals surface area contributed by atoms with Crippen molar-refractivity contribution in [1.29, 1.82) is 0 Å². The first-order chi connectivity index (χ1) is 9.51. The molecule has 2 aromatic carbocycles. The zero-order chi connectivity index (χ0) is 14.8. The maximum absolute atomic E-state index is 12.5. The molecule has 1 unspecified atom stereocenters. The van der Waals surface area contributed by atoms with E-state index in [0.717, 1.165) is 22.3 Å². The Kier molecular flexibility index (Phi) is 3.86. The summed E-state index contributed by atoms with van der Waals surface area (Å²) in [4.78, 5) is 12.5. The minimum absolute atomic E-state index is 0.197. The molecule has 2 aromatic rings. The Labute approximate surface area is 119 Å². The van der Waals surface area contributed by atoms with E-state index in [9.17, 15) is 4.79 Å². The Bertz CT molecular complexity index is 646. The lowest BCUT2D eigenvalue weighted by Gasteiger charge is -2.30. The van der Waals surface area contributed by atoms with Crippen LogP contribution in [0.1, 0.15) is 22.3 Å². The molecule has 0 heterocycles. The fraction of sp³-hybridized carbons (Fsp3) is 0.167. The van der Waals surface area contributed by atoms with Crippen molar-refractivity contribution in [2.75, 3.05) is 0 Å². The lowest BCUT2D eigenvalue weighted by Crippen LogP contribution is -2.45. The van der Waals surface area contributed by atoms with E-state index in [1.165, 1.54) is 6.08 Å². The number of hydrogen-bond acceptors (Lipinski definition) is 2. The molecule has 102 valence electrons. The molecule has 0 aliphatic heterocycles. The van der Waals surface area contributed by atoms with Crippen LogP contribution in [0.2, 0.25) is 0 Å². The minimum atomic E-state index is -1.18.